The molecule has 0 fully saturated rings. The molecule has 2 nitrogen and oxygen atoms in total. The molecule has 0 spiro atoms. The Labute approximate surface area is 103 Å². The van der Waals surface area contributed by atoms with E-state index in [1.165, 1.54) is 0 Å². The van der Waals surface area contributed by atoms with E-state index in [0.29, 0.717) is 0 Å². The summed E-state index contributed by atoms with van der Waals surface area (Å²) in [5.74, 6) is 0. The molecule has 1 aromatic carbocycles. The fourth-order valence-corrected chi connectivity index (χ4v) is 2.01. The Bertz CT molecular complexity index is 496. The second-order valence-electron chi connectivity index (χ2n) is 3.48. The van der Waals surface area contributed by atoms with Gasteiger partial charge >= 0.3 is 102 Å². The second kappa shape index (κ2) is 5.06. The van der Waals surface area contributed by atoms with Gasteiger partial charge in [-0.1, -0.05) is 0 Å². The van der Waals surface area contributed by atoms with Gasteiger partial charge < -0.3 is 0 Å². The van der Waals surface area contributed by atoms with Gasteiger partial charge in [0, 0.05) is 0 Å². The van der Waals surface area contributed by atoms with Crippen LogP contribution >= 0.6 is 0 Å². The number of pyridine rings is 1. The third kappa shape index (κ3) is 2.57. The Morgan fingerprint density at radius 1 is 1.12 bits per heavy atom. The zero-order valence-corrected chi connectivity index (χ0v) is 10.3. The molecule has 0 aliphatic rings. The molecule has 0 unspecified atom stereocenters. The van der Waals surface area contributed by atoms with E-state index >= 15 is 0 Å². The summed E-state index contributed by atoms with van der Waals surface area (Å²) in [6.45, 7) is 0. The van der Waals surface area contributed by atoms with Crippen LogP contribution in [0.25, 0.3) is 0 Å². The van der Waals surface area contributed by atoms with E-state index in [1.807, 2.05) is 36.4 Å². The standard InChI is InChI=1S/C13H10NOSe/c15-13(16)12-4-2-1-3-11(12)9-10-5-7-14-8-6-10/h1-8H,9H2. The Morgan fingerprint density at radius 3 is 2.50 bits per heavy atom. The fraction of sp³-hybridized carbons (Fsp3) is 0.0769. The number of benzene rings is 1. The number of rotatable bonds is 3. The van der Waals surface area contributed by atoms with Gasteiger partial charge in [0.1, 0.15) is 0 Å². The van der Waals surface area contributed by atoms with Crippen LogP contribution < -0.4 is 0 Å². The summed E-state index contributed by atoms with van der Waals surface area (Å²) < 4.78 is -0.00958. The van der Waals surface area contributed by atoms with Gasteiger partial charge in [0.2, 0.25) is 0 Å². The number of hydrogen-bond donors (Lipinski definition) is 0. The predicted molar refractivity (Wildman–Crippen MR) is 63.6 cm³/mol. The summed E-state index contributed by atoms with van der Waals surface area (Å²) in [5, 5.41) is 0. The van der Waals surface area contributed by atoms with E-state index in [2.05, 4.69) is 21.0 Å². The SMILES string of the molecule is O=C([Se])c1ccccc1Cc1ccncc1. The molecule has 0 saturated carbocycles. The molecule has 0 aliphatic carbocycles. The van der Waals surface area contributed by atoms with Gasteiger partial charge in [0.15, 0.2) is 0 Å². The Balaban J connectivity index is 2.31. The molecule has 1 aromatic heterocycles. The van der Waals surface area contributed by atoms with E-state index in [1.54, 1.807) is 12.4 Å². The summed E-state index contributed by atoms with van der Waals surface area (Å²) in [5.41, 5.74) is 2.94. The minimum absolute atomic E-state index is 0.00958. The van der Waals surface area contributed by atoms with Crippen LogP contribution in [0.15, 0.2) is 48.8 Å². The summed E-state index contributed by atoms with van der Waals surface area (Å²) in [4.78, 5) is 15.4. The first-order valence-electron chi connectivity index (χ1n) is 4.95. The van der Waals surface area contributed by atoms with Crippen molar-refractivity contribution in [2.45, 2.75) is 6.42 Å². The molecule has 1 heterocycles. The second-order valence-corrected chi connectivity index (χ2v) is 4.25. The molecule has 1 radical (unpaired) electrons. The first kappa shape index (κ1) is 11.1. The monoisotopic (exact) mass is 276 g/mol. The van der Waals surface area contributed by atoms with E-state index in [4.69, 9.17) is 0 Å². The van der Waals surface area contributed by atoms with Gasteiger partial charge in [0.05, 0.1) is 0 Å². The van der Waals surface area contributed by atoms with Crippen molar-refractivity contribution >= 4 is 20.7 Å². The van der Waals surface area contributed by atoms with Gasteiger partial charge in [-0.3, -0.25) is 0 Å². The van der Waals surface area contributed by atoms with E-state index in [0.717, 1.165) is 23.1 Å². The normalized spacial score (nSPS) is 10.0. The maximum atomic E-state index is 11.4. The summed E-state index contributed by atoms with van der Waals surface area (Å²) in [6, 6.07) is 11.6. The van der Waals surface area contributed by atoms with Crippen molar-refractivity contribution in [1.82, 2.24) is 4.98 Å². The number of hydrogen-bond acceptors (Lipinski definition) is 2. The van der Waals surface area contributed by atoms with E-state index < -0.39 is 0 Å². The summed E-state index contributed by atoms with van der Waals surface area (Å²) in [7, 11) is 0. The molecule has 79 valence electrons. The van der Waals surface area contributed by atoms with E-state index in [9.17, 15) is 4.79 Å². The van der Waals surface area contributed by atoms with Crippen molar-refractivity contribution in [3.63, 3.8) is 0 Å². The molecular weight excluding hydrogens is 265 g/mol. The average molecular weight is 275 g/mol. The maximum absolute atomic E-state index is 11.4. The van der Waals surface area contributed by atoms with Crippen LogP contribution in [0.3, 0.4) is 0 Å². The number of nitrogens with zero attached hydrogens (tertiary/aromatic N) is 1. The molecule has 0 bridgehead atoms. The van der Waals surface area contributed by atoms with Crippen LogP contribution in [0.1, 0.15) is 21.5 Å². The predicted octanol–water partition coefficient (Wildman–Crippen LogP) is 1.98. The van der Waals surface area contributed by atoms with Crippen molar-refractivity contribution in [2.75, 3.05) is 0 Å². The first-order valence-corrected chi connectivity index (χ1v) is 5.81. The van der Waals surface area contributed by atoms with E-state index in [-0.39, 0.29) is 4.68 Å². The molecular formula is C13H10NOSe. The van der Waals surface area contributed by atoms with Gasteiger partial charge in [-0.15, -0.1) is 0 Å². The zero-order chi connectivity index (χ0) is 11.4. The molecule has 3 heteroatoms. The van der Waals surface area contributed by atoms with Crippen molar-refractivity contribution in [2.24, 2.45) is 0 Å². The molecule has 2 aromatic rings. The summed E-state index contributed by atoms with van der Waals surface area (Å²) in [6.07, 6.45) is 4.28. The summed E-state index contributed by atoms with van der Waals surface area (Å²) >= 11 is 2.53. The van der Waals surface area contributed by atoms with Crippen molar-refractivity contribution < 1.29 is 4.79 Å². The molecule has 0 aliphatic heterocycles. The minimum atomic E-state index is -0.00958. The van der Waals surface area contributed by atoms with Crippen LogP contribution in [0.5, 0.6) is 0 Å². The molecule has 0 N–H and O–H groups in total. The Morgan fingerprint density at radius 2 is 1.81 bits per heavy atom. The van der Waals surface area contributed by atoms with Crippen molar-refractivity contribution in [3.8, 4) is 0 Å². The van der Waals surface area contributed by atoms with Crippen molar-refractivity contribution in [1.29, 1.82) is 0 Å². The third-order valence-corrected chi connectivity index (χ3v) is 2.84. The number of carbonyl (C=O) groups excluding carboxylic acids is 1. The Kier molecular flexibility index (Phi) is 3.50. The first-order chi connectivity index (χ1) is 7.77. The number of aromatic nitrogens is 1. The van der Waals surface area contributed by atoms with Crippen LogP contribution in [-0.4, -0.2) is 25.7 Å². The molecule has 2 rings (SSSR count). The van der Waals surface area contributed by atoms with Gasteiger partial charge in [-0.2, -0.15) is 0 Å². The quantitative estimate of drug-likeness (QED) is 0.802. The van der Waals surface area contributed by atoms with Crippen LogP contribution in [0.2, 0.25) is 0 Å². The molecule has 0 atom stereocenters. The zero-order valence-electron chi connectivity index (χ0n) is 8.59. The average Bonchev–Trinajstić information content (AvgIpc) is 2.31. The molecule has 0 saturated heterocycles. The van der Waals surface area contributed by atoms with Crippen LogP contribution in [0.4, 0.5) is 0 Å². The Hall–Kier alpha value is -1.44. The van der Waals surface area contributed by atoms with Gasteiger partial charge in [-0.05, 0) is 0 Å². The molecule has 0 amide bonds. The topological polar surface area (TPSA) is 30.0 Å². The van der Waals surface area contributed by atoms with Crippen LogP contribution in [-0.2, 0) is 6.42 Å². The van der Waals surface area contributed by atoms with Crippen LogP contribution in [0, 0.1) is 0 Å². The van der Waals surface area contributed by atoms with Gasteiger partial charge in [0.25, 0.3) is 0 Å². The number of carbonyl (C=O) groups is 1. The van der Waals surface area contributed by atoms with Crippen molar-refractivity contribution in [3.05, 3.63) is 65.5 Å². The third-order valence-electron chi connectivity index (χ3n) is 2.38. The van der Waals surface area contributed by atoms with Gasteiger partial charge in [-0.25, -0.2) is 0 Å². The fourth-order valence-electron chi connectivity index (χ4n) is 1.59. The molecule has 16 heavy (non-hydrogen) atoms.